The average molecular weight is 471 g/mol. The molecule has 1 aliphatic rings. The van der Waals surface area contributed by atoms with Crippen LogP contribution in [0.3, 0.4) is 0 Å². The number of fused-ring (bicyclic) bond motifs is 1. The van der Waals surface area contributed by atoms with Gasteiger partial charge in [-0.3, -0.25) is 9.10 Å². The van der Waals surface area contributed by atoms with Crippen LogP contribution in [0.5, 0.6) is 11.5 Å². The fourth-order valence-corrected chi connectivity index (χ4v) is 5.86. The van der Waals surface area contributed by atoms with Gasteiger partial charge in [0.05, 0.1) is 32.1 Å². The van der Waals surface area contributed by atoms with E-state index in [1.54, 1.807) is 36.8 Å². The fraction of sp³-hybridized carbons (Fsp3) is 0.174. The van der Waals surface area contributed by atoms with Crippen molar-refractivity contribution in [1.29, 1.82) is 0 Å². The number of benzene rings is 2. The van der Waals surface area contributed by atoms with Crippen LogP contribution in [0, 0.1) is 6.92 Å². The van der Waals surface area contributed by atoms with Gasteiger partial charge in [0.2, 0.25) is 5.78 Å². The lowest BCUT2D eigenvalue weighted by Crippen LogP contribution is -2.38. The summed E-state index contributed by atoms with van der Waals surface area (Å²) in [5, 5.41) is 4.65. The molecule has 1 aliphatic heterocycles. The zero-order valence-corrected chi connectivity index (χ0v) is 19.4. The molecular formula is C23H22N2O5S2. The van der Waals surface area contributed by atoms with E-state index in [0.717, 1.165) is 11.1 Å². The second kappa shape index (κ2) is 8.68. The van der Waals surface area contributed by atoms with Crippen LogP contribution in [-0.2, 0) is 16.6 Å². The number of carbonyl (C=O) groups is 1. The molecular weight excluding hydrogens is 448 g/mol. The molecule has 0 amide bonds. The highest BCUT2D eigenvalue weighted by Crippen LogP contribution is 2.39. The van der Waals surface area contributed by atoms with E-state index in [1.165, 1.54) is 29.0 Å². The molecule has 1 aromatic heterocycles. The molecule has 9 heteroatoms. The van der Waals surface area contributed by atoms with E-state index in [1.807, 2.05) is 31.2 Å². The van der Waals surface area contributed by atoms with Gasteiger partial charge in [-0.25, -0.2) is 8.42 Å². The molecule has 0 saturated carbocycles. The third-order valence-corrected chi connectivity index (χ3v) is 7.79. The summed E-state index contributed by atoms with van der Waals surface area (Å²) >= 11 is 1.22. The molecule has 0 aliphatic carbocycles. The number of hydrogen-bond donors (Lipinski definition) is 1. The molecule has 0 radical (unpaired) electrons. The van der Waals surface area contributed by atoms with Crippen LogP contribution in [0.1, 0.15) is 20.8 Å². The maximum atomic E-state index is 13.5. The molecule has 32 heavy (non-hydrogen) atoms. The van der Waals surface area contributed by atoms with Crippen molar-refractivity contribution < 1.29 is 22.7 Å². The number of carbonyl (C=O) groups excluding carboxylic acids is 1. The van der Waals surface area contributed by atoms with Gasteiger partial charge in [0, 0.05) is 12.3 Å². The molecule has 0 bridgehead atoms. The first-order valence-corrected chi connectivity index (χ1v) is 12.1. The third-order valence-electron chi connectivity index (χ3n) is 5.13. The normalized spacial score (nSPS) is 16.0. The number of ether oxygens (including phenoxy) is 2. The van der Waals surface area contributed by atoms with Gasteiger partial charge in [-0.05, 0) is 36.1 Å². The first kappa shape index (κ1) is 21.9. The van der Waals surface area contributed by atoms with E-state index in [4.69, 9.17) is 9.47 Å². The minimum absolute atomic E-state index is 0.128. The highest BCUT2D eigenvalue weighted by Gasteiger charge is 2.41. The SMILES string of the molecule is COc1ccc(NC=C2C(=O)c3sccc3N(Cc3ccc(C)cc3)S2(=O)=O)c(OC)c1. The number of Topliss-reactive ketones (excluding diaryl/α,β-unsaturated/α-hetero) is 1. The van der Waals surface area contributed by atoms with Crippen LogP contribution in [-0.4, -0.2) is 28.4 Å². The van der Waals surface area contributed by atoms with Gasteiger partial charge in [-0.15, -0.1) is 11.3 Å². The molecule has 1 N–H and O–H groups in total. The predicted octanol–water partition coefficient (Wildman–Crippen LogP) is 4.56. The number of ketones is 1. The summed E-state index contributed by atoms with van der Waals surface area (Å²) in [6, 6.07) is 14.4. The second-order valence-corrected chi connectivity index (χ2v) is 9.93. The van der Waals surface area contributed by atoms with Crippen molar-refractivity contribution in [2.45, 2.75) is 13.5 Å². The van der Waals surface area contributed by atoms with Crippen LogP contribution in [0.2, 0.25) is 0 Å². The van der Waals surface area contributed by atoms with Crippen LogP contribution in [0.15, 0.2) is 65.0 Å². The second-order valence-electron chi connectivity index (χ2n) is 7.18. The molecule has 166 valence electrons. The maximum absolute atomic E-state index is 13.5. The van der Waals surface area contributed by atoms with Crippen molar-refractivity contribution in [3.8, 4) is 11.5 Å². The molecule has 4 rings (SSSR count). The Morgan fingerprint density at radius 2 is 1.81 bits per heavy atom. The van der Waals surface area contributed by atoms with Crippen molar-refractivity contribution >= 4 is 38.5 Å². The summed E-state index contributed by atoms with van der Waals surface area (Å²) < 4.78 is 38.8. The molecule has 2 heterocycles. The van der Waals surface area contributed by atoms with Crippen molar-refractivity contribution in [2.75, 3.05) is 23.8 Å². The van der Waals surface area contributed by atoms with Gasteiger partial charge < -0.3 is 14.8 Å². The van der Waals surface area contributed by atoms with Crippen molar-refractivity contribution in [1.82, 2.24) is 0 Å². The first-order valence-electron chi connectivity index (χ1n) is 9.74. The Morgan fingerprint density at radius 3 is 2.50 bits per heavy atom. The van der Waals surface area contributed by atoms with Crippen molar-refractivity contribution in [2.24, 2.45) is 0 Å². The number of nitrogens with one attached hydrogen (secondary N) is 1. The minimum Gasteiger partial charge on any atom is -0.497 e. The average Bonchev–Trinajstić information content (AvgIpc) is 3.27. The number of aryl methyl sites for hydroxylation is 1. The largest absolute Gasteiger partial charge is 0.497 e. The summed E-state index contributed by atoms with van der Waals surface area (Å²) in [5.41, 5.74) is 2.82. The predicted molar refractivity (Wildman–Crippen MR) is 126 cm³/mol. The number of thiophene rings is 1. The number of hydrogen-bond acceptors (Lipinski definition) is 7. The Kier molecular flexibility index (Phi) is 5.94. The lowest BCUT2D eigenvalue weighted by atomic mass is 10.1. The first-order chi connectivity index (χ1) is 15.3. The summed E-state index contributed by atoms with van der Waals surface area (Å²) in [5.74, 6) is 0.513. The summed E-state index contributed by atoms with van der Waals surface area (Å²) in [7, 11) is -1.05. The van der Waals surface area contributed by atoms with Gasteiger partial charge in [-0.1, -0.05) is 29.8 Å². The monoisotopic (exact) mass is 470 g/mol. The minimum atomic E-state index is -4.08. The molecule has 0 unspecified atom stereocenters. The quantitative estimate of drug-likeness (QED) is 0.532. The van der Waals surface area contributed by atoms with E-state index in [-0.39, 0.29) is 11.4 Å². The van der Waals surface area contributed by atoms with Crippen molar-refractivity contribution in [3.05, 3.63) is 81.0 Å². The Hall–Kier alpha value is -3.30. The van der Waals surface area contributed by atoms with E-state index in [0.29, 0.717) is 27.8 Å². The Balaban J connectivity index is 1.73. The third kappa shape index (κ3) is 3.96. The lowest BCUT2D eigenvalue weighted by Gasteiger charge is -2.29. The Labute approximate surface area is 191 Å². The molecule has 2 aromatic carbocycles. The Morgan fingerprint density at radius 1 is 1.06 bits per heavy atom. The molecule has 7 nitrogen and oxygen atoms in total. The molecule has 0 saturated heterocycles. The number of anilines is 2. The maximum Gasteiger partial charge on any atom is 0.270 e. The zero-order chi connectivity index (χ0) is 22.9. The topological polar surface area (TPSA) is 84.9 Å². The highest BCUT2D eigenvalue weighted by atomic mass is 32.2. The summed E-state index contributed by atoms with van der Waals surface area (Å²) in [6.07, 6.45) is 1.23. The highest BCUT2D eigenvalue weighted by molar-refractivity contribution is 7.97. The summed E-state index contributed by atoms with van der Waals surface area (Å²) in [6.45, 7) is 2.10. The molecule has 0 atom stereocenters. The number of methoxy groups -OCH3 is 2. The van der Waals surface area contributed by atoms with Gasteiger partial charge in [0.25, 0.3) is 10.0 Å². The van der Waals surface area contributed by atoms with Crippen LogP contribution < -0.4 is 19.1 Å². The van der Waals surface area contributed by atoms with E-state index in [2.05, 4.69) is 5.32 Å². The van der Waals surface area contributed by atoms with Gasteiger partial charge >= 0.3 is 0 Å². The fourth-order valence-electron chi connectivity index (χ4n) is 3.38. The Bertz CT molecular complexity index is 1290. The number of sulfonamides is 1. The number of allylic oxidation sites excluding steroid dienone is 1. The van der Waals surface area contributed by atoms with Gasteiger partial charge in [0.1, 0.15) is 16.4 Å². The number of rotatable bonds is 6. The molecule has 0 spiro atoms. The summed E-state index contributed by atoms with van der Waals surface area (Å²) in [4.78, 5) is 13.1. The van der Waals surface area contributed by atoms with E-state index in [9.17, 15) is 13.2 Å². The zero-order valence-electron chi connectivity index (χ0n) is 17.8. The molecule has 0 fully saturated rings. The van der Waals surface area contributed by atoms with Gasteiger partial charge in [0.15, 0.2) is 4.91 Å². The smallest absolute Gasteiger partial charge is 0.270 e. The lowest BCUT2D eigenvalue weighted by molar-refractivity contribution is 0.104. The van der Waals surface area contributed by atoms with Gasteiger partial charge in [-0.2, -0.15) is 0 Å². The number of nitrogens with zero attached hydrogens (tertiary/aromatic N) is 1. The standard InChI is InChI=1S/C23H22N2O5S2/c1-15-4-6-16(7-5-15)14-25-19-10-11-31-23(19)22(26)21(32(25,27)28)13-24-18-9-8-17(29-2)12-20(18)30-3/h4-13,24H,14H2,1-3H3. The van der Waals surface area contributed by atoms with E-state index < -0.39 is 15.8 Å². The van der Waals surface area contributed by atoms with Crippen LogP contribution in [0.25, 0.3) is 0 Å². The van der Waals surface area contributed by atoms with E-state index >= 15 is 0 Å². The molecule has 3 aromatic rings. The van der Waals surface area contributed by atoms with Crippen LogP contribution in [0.4, 0.5) is 11.4 Å². The van der Waals surface area contributed by atoms with Crippen LogP contribution >= 0.6 is 11.3 Å². The van der Waals surface area contributed by atoms with Crippen molar-refractivity contribution in [3.63, 3.8) is 0 Å².